The summed E-state index contributed by atoms with van der Waals surface area (Å²) in [6.45, 7) is 22.2. The van der Waals surface area contributed by atoms with E-state index < -0.39 is 18.1 Å². The zero-order valence-corrected chi connectivity index (χ0v) is 25.6. The Balaban J connectivity index is 2.16. The molecule has 36 heavy (non-hydrogen) atoms. The maximum Gasteiger partial charge on any atom is 0.267 e. The molecule has 6 heteroatoms. The molecule has 2 aromatic rings. The SMILES string of the molecule is CC1=NC(Cc2cc(C#C[Si](C(C)C)(C(C)C)C(C)C)cn2S(=O)(=O)c2ccc(C)cc2)C(C)(C)C1. The van der Waals surface area contributed by atoms with E-state index in [9.17, 15) is 8.42 Å². The van der Waals surface area contributed by atoms with Crippen LogP contribution in [0.3, 0.4) is 0 Å². The summed E-state index contributed by atoms with van der Waals surface area (Å²) in [7, 11) is -5.69. The van der Waals surface area contributed by atoms with Crippen molar-refractivity contribution >= 4 is 23.8 Å². The van der Waals surface area contributed by atoms with Crippen molar-refractivity contribution in [1.82, 2.24) is 3.97 Å². The third-order valence-corrected chi connectivity index (χ3v) is 16.1. The number of nitrogens with zero attached hydrogens (tertiary/aromatic N) is 2. The molecule has 0 bridgehead atoms. The van der Waals surface area contributed by atoms with Gasteiger partial charge in [-0.3, -0.25) is 4.99 Å². The van der Waals surface area contributed by atoms with Crippen LogP contribution in [0.25, 0.3) is 0 Å². The Labute approximate surface area is 220 Å². The number of hydrogen-bond donors (Lipinski definition) is 0. The summed E-state index contributed by atoms with van der Waals surface area (Å²) in [6, 6.07) is 9.09. The van der Waals surface area contributed by atoms with E-state index in [1.54, 1.807) is 18.3 Å². The zero-order valence-electron chi connectivity index (χ0n) is 23.8. The lowest BCUT2D eigenvalue weighted by Crippen LogP contribution is -2.43. The van der Waals surface area contributed by atoms with Gasteiger partial charge in [0.2, 0.25) is 0 Å². The van der Waals surface area contributed by atoms with Crippen LogP contribution < -0.4 is 0 Å². The second kappa shape index (κ2) is 10.3. The van der Waals surface area contributed by atoms with Crippen molar-refractivity contribution in [2.24, 2.45) is 10.4 Å². The third-order valence-electron chi connectivity index (χ3n) is 8.12. The summed E-state index contributed by atoms with van der Waals surface area (Å²) in [5.74, 6) is 3.47. The fourth-order valence-corrected chi connectivity index (χ4v) is 12.8. The minimum Gasteiger partial charge on any atom is -0.290 e. The van der Waals surface area contributed by atoms with E-state index in [4.69, 9.17) is 4.99 Å². The van der Waals surface area contributed by atoms with Crippen LogP contribution in [0.2, 0.25) is 16.6 Å². The molecule has 0 amide bonds. The first kappa shape index (κ1) is 28.5. The van der Waals surface area contributed by atoms with E-state index in [0.717, 1.165) is 29.0 Å². The molecule has 196 valence electrons. The Hall–Kier alpha value is -2.10. The fourth-order valence-electron chi connectivity index (χ4n) is 6.15. The molecule has 0 spiro atoms. The Kier molecular flexibility index (Phi) is 8.18. The van der Waals surface area contributed by atoms with E-state index >= 15 is 0 Å². The molecule has 2 heterocycles. The van der Waals surface area contributed by atoms with Crippen molar-refractivity contribution in [1.29, 1.82) is 0 Å². The largest absolute Gasteiger partial charge is 0.290 e. The molecular formula is C30H44N2O2SSi. The summed E-state index contributed by atoms with van der Waals surface area (Å²) in [4.78, 5) is 5.18. The predicted molar refractivity (Wildman–Crippen MR) is 155 cm³/mol. The highest BCUT2D eigenvalue weighted by Gasteiger charge is 2.42. The number of aromatic nitrogens is 1. The molecule has 1 unspecified atom stereocenters. The van der Waals surface area contributed by atoms with E-state index in [-0.39, 0.29) is 11.5 Å². The van der Waals surface area contributed by atoms with E-state index in [2.05, 4.69) is 73.8 Å². The van der Waals surface area contributed by atoms with Crippen LogP contribution in [0.15, 0.2) is 46.4 Å². The van der Waals surface area contributed by atoms with Gasteiger partial charge < -0.3 is 0 Å². The molecular weight excluding hydrogens is 480 g/mol. The Morgan fingerprint density at radius 3 is 2.06 bits per heavy atom. The van der Waals surface area contributed by atoms with Crippen LogP contribution in [-0.2, 0) is 16.4 Å². The van der Waals surface area contributed by atoms with Gasteiger partial charge in [0, 0.05) is 29.6 Å². The molecule has 4 nitrogen and oxygen atoms in total. The molecule has 1 aliphatic rings. The average Bonchev–Trinajstić information content (AvgIpc) is 3.27. The smallest absolute Gasteiger partial charge is 0.267 e. The molecule has 0 saturated heterocycles. The summed E-state index contributed by atoms with van der Waals surface area (Å²) in [5.41, 5.74) is 8.98. The quantitative estimate of drug-likeness (QED) is 0.280. The van der Waals surface area contributed by atoms with Gasteiger partial charge in [-0.25, -0.2) is 12.4 Å². The van der Waals surface area contributed by atoms with Crippen molar-refractivity contribution in [2.45, 2.75) is 110 Å². The lowest BCUT2D eigenvalue weighted by molar-refractivity contribution is 0.320. The summed E-state index contributed by atoms with van der Waals surface area (Å²) in [6.07, 6.45) is 3.23. The second-order valence-electron chi connectivity index (χ2n) is 12.2. The molecule has 1 aliphatic heterocycles. The summed E-state index contributed by atoms with van der Waals surface area (Å²) >= 11 is 0. The molecule has 1 aromatic heterocycles. The van der Waals surface area contributed by atoms with Gasteiger partial charge in [-0.2, -0.15) is 0 Å². The third kappa shape index (κ3) is 5.43. The molecule has 0 radical (unpaired) electrons. The minimum absolute atomic E-state index is 0.00631. The van der Waals surface area contributed by atoms with Gasteiger partial charge in [-0.05, 0) is 60.5 Å². The van der Waals surface area contributed by atoms with Crippen LogP contribution in [0.5, 0.6) is 0 Å². The number of benzene rings is 1. The molecule has 1 atom stereocenters. The number of aryl methyl sites for hydroxylation is 1. The molecule has 0 saturated carbocycles. The monoisotopic (exact) mass is 524 g/mol. The standard InChI is InChI=1S/C30H44N2O2SSi/c1-21(2)36(22(3)4,23(5)6)16-15-26-17-27(18-29-30(9,10)19-25(8)31-29)32(20-26)35(33,34)28-13-11-24(7)12-14-28/h11-14,17,20-23,29H,18-19H2,1-10H3. The Morgan fingerprint density at radius 1 is 1.03 bits per heavy atom. The van der Waals surface area contributed by atoms with Gasteiger partial charge in [-0.15, -0.1) is 5.54 Å². The summed E-state index contributed by atoms with van der Waals surface area (Å²) in [5, 5.41) is 0. The topological polar surface area (TPSA) is 51.4 Å². The normalized spacial score (nSPS) is 18.0. The van der Waals surface area contributed by atoms with Gasteiger partial charge in [0.15, 0.2) is 0 Å². The minimum atomic E-state index is -3.75. The number of aliphatic imine (C=N–C) groups is 1. The van der Waals surface area contributed by atoms with Crippen molar-refractivity contribution in [3.8, 4) is 11.5 Å². The van der Waals surface area contributed by atoms with Gasteiger partial charge in [0.1, 0.15) is 8.07 Å². The molecule has 3 rings (SSSR count). The molecule has 0 aliphatic carbocycles. The lowest BCUT2D eigenvalue weighted by Gasteiger charge is -2.38. The van der Waals surface area contributed by atoms with Gasteiger partial charge >= 0.3 is 0 Å². The molecule has 0 fully saturated rings. The van der Waals surface area contributed by atoms with Crippen LogP contribution in [-0.4, -0.2) is 32.2 Å². The molecule has 0 N–H and O–H groups in total. The summed E-state index contributed by atoms with van der Waals surface area (Å²) < 4.78 is 29.0. The van der Waals surface area contributed by atoms with Crippen LogP contribution in [0.4, 0.5) is 0 Å². The van der Waals surface area contributed by atoms with Crippen LogP contribution in [0, 0.1) is 23.8 Å². The zero-order chi connectivity index (χ0) is 27.1. The first-order chi connectivity index (χ1) is 16.6. The van der Waals surface area contributed by atoms with Crippen LogP contribution in [0.1, 0.15) is 85.6 Å². The van der Waals surface area contributed by atoms with Crippen molar-refractivity contribution in [2.75, 3.05) is 0 Å². The lowest BCUT2D eigenvalue weighted by atomic mass is 9.81. The first-order valence-corrected chi connectivity index (χ1v) is 16.9. The first-order valence-electron chi connectivity index (χ1n) is 13.2. The molecule has 1 aromatic carbocycles. The number of rotatable bonds is 7. The predicted octanol–water partition coefficient (Wildman–Crippen LogP) is 7.40. The maximum atomic E-state index is 13.8. The highest BCUT2D eigenvalue weighted by Crippen LogP contribution is 2.41. The Morgan fingerprint density at radius 2 is 1.58 bits per heavy atom. The van der Waals surface area contributed by atoms with Crippen molar-refractivity contribution in [3.05, 3.63) is 53.3 Å². The van der Waals surface area contributed by atoms with Crippen LogP contribution >= 0.6 is 0 Å². The van der Waals surface area contributed by atoms with Gasteiger partial charge in [0.05, 0.1) is 10.9 Å². The Bertz CT molecular complexity index is 1260. The van der Waals surface area contributed by atoms with Gasteiger partial charge in [0.25, 0.3) is 10.0 Å². The van der Waals surface area contributed by atoms with E-state index in [0.29, 0.717) is 27.9 Å². The highest BCUT2D eigenvalue weighted by molar-refractivity contribution is 7.90. The van der Waals surface area contributed by atoms with Crippen molar-refractivity contribution in [3.63, 3.8) is 0 Å². The second-order valence-corrected chi connectivity index (χ2v) is 19.6. The number of hydrogen-bond acceptors (Lipinski definition) is 3. The maximum absolute atomic E-state index is 13.8. The highest BCUT2D eigenvalue weighted by atomic mass is 32.2. The van der Waals surface area contributed by atoms with E-state index in [1.165, 1.54) is 3.97 Å². The van der Waals surface area contributed by atoms with Crippen molar-refractivity contribution < 1.29 is 8.42 Å². The van der Waals surface area contributed by atoms with Gasteiger partial charge in [-0.1, -0.05) is 79.0 Å². The van der Waals surface area contributed by atoms with E-state index in [1.807, 2.05) is 25.1 Å². The fraction of sp³-hybridized carbons (Fsp3) is 0.567. The average molecular weight is 525 g/mol.